The summed E-state index contributed by atoms with van der Waals surface area (Å²) in [5.74, 6) is 0.639. The molecule has 0 unspecified atom stereocenters. The van der Waals surface area contributed by atoms with Crippen LogP contribution in [0.25, 0.3) is 0 Å². The van der Waals surface area contributed by atoms with Gasteiger partial charge in [0.25, 0.3) is 5.91 Å². The Morgan fingerprint density at radius 2 is 1.96 bits per heavy atom. The topological polar surface area (TPSA) is 71.1 Å². The van der Waals surface area contributed by atoms with Crippen molar-refractivity contribution in [3.8, 4) is 5.75 Å². The van der Waals surface area contributed by atoms with E-state index in [4.69, 9.17) is 9.47 Å². The van der Waals surface area contributed by atoms with Gasteiger partial charge in [-0.25, -0.2) is 4.79 Å². The second kappa shape index (κ2) is 6.95. The zero-order chi connectivity index (χ0) is 19.9. The SMILES string of the molecule is CC(C)(C)OC(=O)N1CC2(CCN(Cc3ccc4c(c3)OCC(=O)N4)CC2)C1. The molecule has 4 rings (SSSR count). The van der Waals surface area contributed by atoms with Gasteiger partial charge in [0.2, 0.25) is 0 Å². The number of ether oxygens (including phenoxy) is 2. The van der Waals surface area contributed by atoms with Crippen LogP contribution in [-0.4, -0.2) is 60.2 Å². The normalized spacial score (nSPS) is 21.4. The van der Waals surface area contributed by atoms with Crippen LogP contribution in [0.2, 0.25) is 0 Å². The molecule has 3 aliphatic rings. The Hall–Kier alpha value is -2.28. The van der Waals surface area contributed by atoms with E-state index in [0.29, 0.717) is 0 Å². The van der Waals surface area contributed by atoms with Crippen LogP contribution in [0.1, 0.15) is 39.2 Å². The lowest BCUT2D eigenvalue weighted by molar-refractivity contribution is -0.118. The Morgan fingerprint density at radius 3 is 2.64 bits per heavy atom. The van der Waals surface area contributed by atoms with Crippen LogP contribution in [0.15, 0.2) is 18.2 Å². The number of carbonyl (C=O) groups excluding carboxylic acids is 2. The summed E-state index contributed by atoms with van der Waals surface area (Å²) in [6, 6.07) is 5.98. The number of anilines is 1. The van der Waals surface area contributed by atoms with Gasteiger partial charge in [0.15, 0.2) is 6.61 Å². The molecule has 152 valence electrons. The number of nitrogens with zero attached hydrogens (tertiary/aromatic N) is 2. The lowest BCUT2D eigenvalue weighted by Crippen LogP contribution is -2.62. The van der Waals surface area contributed by atoms with Gasteiger partial charge in [-0.1, -0.05) is 6.07 Å². The highest BCUT2D eigenvalue weighted by Crippen LogP contribution is 2.41. The van der Waals surface area contributed by atoms with Crippen molar-refractivity contribution in [3.05, 3.63) is 23.8 Å². The molecule has 3 aliphatic heterocycles. The first kappa shape index (κ1) is 19.1. The van der Waals surface area contributed by atoms with Gasteiger partial charge >= 0.3 is 6.09 Å². The van der Waals surface area contributed by atoms with Crippen LogP contribution >= 0.6 is 0 Å². The first-order valence-corrected chi connectivity index (χ1v) is 9.97. The van der Waals surface area contributed by atoms with Crippen molar-refractivity contribution in [1.82, 2.24) is 9.80 Å². The fourth-order valence-corrected chi connectivity index (χ4v) is 4.20. The molecule has 2 fully saturated rings. The third kappa shape index (κ3) is 4.09. The molecule has 0 saturated carbocycles. The Morgan fingerprint density at radius 1 is 1.25 bits per heavy atom. The number of hydrogen-bond acceptors (Lipinski definition) is 5. The number of likely N-dealkylation sites (tertiary alicyclic amines) is 2. The van der Waals surface area contributed by atoms with Crippen LogP contribution in [0.5, 0.6) is 5.75 Å². The predicted molar refractivity (Wildman–Crippen MR) is 105 cm³/mol. The second-order valence-electron chi connectivity index (χ2n) is 9.28. The van der Waals surface area contributed by atoms with Crippen LogP contribution < -0.4 is 10.1 Å². The first-order chi connectivity index (χ1) is 13.2. The fraction of sp³-hybridized carbons (Fsp3) is 0.619. The summed E-state index contributed by atoms with van der Waals surface area (Å²) in [5.41, 5.74) is 1.76. The predicted octanol–water partition coefficient (Wildman–Crippen LogP) is 2.85. The van der Waals surface area contributed by atoms with E-state index in [9.17, 15) is 9.59 Å². The average molecular weight is 387 g/mol. The Balaban J connectivity index is 1.27. The number of fused-ring (bicyclic) bond motifs is 1. The summed E-state index contributed by atoms with van der Waals surface area (Å²) in [7, 11) is 0. The summed E-state index contributed by atoms with van der Waals surface area (Å²) in [5, 5.41) is 2.82. The molecule has 1 spiro atoms. The van der Waals surface area contributed by atoms with Crippen molar-refractivity contribution in [1.29, 1.82) is 0 Å². The molecule has 7 heteroatoms. The smallest absolute Gasteiger partial charge is 0.410 e. The van der Waals surface area contributed by atoms with Crippen LogP contribution in [0.4, 0.5) is 10.5 Å². The van der Waals surface area contributed by atoms with E-state index < -0.39 is 5.60 Å². The summed E-state index contributed by atoms with van der Waals surface area (Å²) in [6.07, 6.45) is 2.01. The number of nitrogens with one attached hydrogen (secondary N) is 1. The highest BCUT2D eigenvalue weighted by molar-refractivity contribution is 5.95. The highest BCUT2D eigenvalue weighted by Gasteiger charge is 2.47. The summed E-state index contributed by atoms with van der Waals surface area (Å²) < 4.78 is 11.0. The van der Waals surface area contributed by atoms with Gasteiger partial charge in [-0.3, -0.25) is 9.69 Å². The lowest BCUT2D eigenvalue weighted by Gasteiger charge is -2.53. The van der Waals surface area contributed by atoms with E-state index >= 15 is 0 Å². The van der Waals surface area contributed by atoms with Crippen molar-refractivity contribution < 1.29 is 19.1 Å². The van der Waals surface area contributed by atoms with Crippen molar-refractivity contribution in [2.45, 2.75) is 45.8 Å². The van der Waals surface area contributed by atoms with Crippen molar-refractivity contribution in [3.63, 3.8) is 0 Å². The summed E-state index contributed by atoms with van der Waals surface area (Å²) in [4.78, 5) is 27.8. The highest BCUT2D eigenvalue weighted by atomic mass is 16.6. The van der Waals surface area contributed by atoms with Gasteiger partial charge in [-0.05, 0) is 64.4 Å². The van der Waals surface area contributed by atoms with E-state index in [2.05, 4.69) is 10.2 Å². The molecule has 28 heavy (non-hydrogen) atoms. The summed E-state index contributed by atoms with van der Waals surface area (Å²) in [6.45, 7) is 10.3. The van der Waals surface area contributed by atoms with Gasteiger partial charge in [0.1, 0.15) is 11.4 Å². The molecule has 3 heterocycles. The van der Waals surface area contributed by atoms with Crippen molar-refractivity contribution >= 4 is 17.7 Å². The van der Waals surface area contributed by atoms with Gasteiger partial charge in [0.05, 0.1) is 5.69 Å². The minimum atomic E-state index is -0.440. The fourth-order valence-electron chi connectivity index (χ4n) is 4.20. The largest absolute Gasteiger partial charge is 0.482 e. The van der Waals surface area contributed by atoms with E-state index in [-0.39, 0.29) is 24.0 Å². The third-order valence-electron chi connectivity index (χ3n) is 5.71. The van der Waals surface area contributed by atoms with E-state index in [1.165, 1.54) is 5.56 Å². The lowest BCUT2D eigenvalue weighted by atomic mass is 9.72. The van der Waals surface area contributed by atoms with Gasteiger partial charge in [0, 0.05) is 25.0 Å². The molecule has 1 N–H and O–H groups in total. The number of benzene rings is 1. The molecule has 0 bridgehead atoms. The molecule has 1 aromatic rings. The van der Waals surface area contributed by atoms with Gasteiger partial charge in [-0.2, -0.15) is 0 Å². The van der Waals surface area contributed by atoms with Crippen LogP contribution in [0.3, 0.4) is 0 Å². The number of piperidine rings is 1. The third-order valence-corrected chi connectivity index (χ3v) is 5.71. The van der Waals surface area contributed by atoms with Crippen molar-refractivity contribution in [2.75, 3.05) is 38.1 Å². The second-order valence-corrected chi connectivity index (χ2v) is 9.28. The first-order valence-electron chi connectivity index (χ1n) is 9.97. The minimum Gasteiger partial charge on any atom is -0.482 e. The standard InChI is InChI=1S/C21H29N3O4/c1-20(2,3)28-19(26)24-13-21(14-24)6-8-23(9-7-21)11-15-4-5-16-17(10-15)27-12-18(25)22-16/h4-5,10H,6-9,11-14H2,1-3H3,(H,22,25). The number of hydrogen-bond donors (Lipinski definition) is 1. The Kier molecular flexibility index (Phi) is 4.73. The maximum atomic E-state index is 12.2. The molecule has 1 aromatic carbocycles. The maximum Gasteiger partial charge on any atom is 0.410 e. The zero-order valence-electron chi connectivity index (χ0n) is 16.9. The van der Waals surface area contributed by atoms with Gasteiger partial charge in [-0.15, -0.1) is 0 Å². The van der Waals surface area contributed by atoms with Gasteiger partial charge < -0.3 is 19.7 Å². The quantitative estimate of drug-likeness (QED) is 0.845. The van der Waals surface area contributed by atoms with E-state index in [1.54, 1.807) is 0 Å². The van der Waals surface area contributed by atoms with E-state index in [0.717, 1.165) is 57.0 Å². The average Bonchev–Trinajstić information content (AvgIpc) is 2.59. The molecular weight excluding hydrogens is 358 g/mol. The summed E-state index contributed by atoms with van der Waals surface area (Å²) >= 11 is 0. The molecule has 0 aromatic heterocycles. The molecule has 0 aliphatic carbocycles. The van der Waals surface area contributed by atoms with Crippen molar-refractivity contribution in [2.24, 2.45) is 5.41 Å². The molecule has 7 nitrogen and oxygen atoms in total. The number of carbonyl (C=O) groups is 2. The van der Waals surface area contributed by atoms with Crippen LogP contribution in [-0.2, 0) is 16.1 Å². The molecule has 2 amide bonds. The van der Waals surface area contributed by atoms with Crippen LogP contribution in [0, 0.1) is 5.41 Å². The Labute approximate surface area is 166 Å². The minimum absolute atomic E-state index is 0.0802. The monoisotopic (exact) mass is 387 g/mol. The van der Waals surface area contributed by atoms with E-state index in [1.807, 2.05) is 43.9 Å². The maximum absolute atomic E-state index is 12.2. The molecule has 0 atom stereocenters. The molecule has 0 radical (unpaired) electrons. The number of rotatable bonds is 2. The molecular formula is C21H29N3O4. The number of amides is 2. The zero-order valence-corrected chi connectivity index (χ0v) is 16.9. The Bertz CT molecular complexity index is 770. The molecule has 2 saturated heterocycles.